The first-order valence-electron chi connectivity index (χ1n) is 5.75. The quantitative estimate of drug-likeness (QED) is 0.880. The maximum atomic E-state index is 13.1. The van der Waals surface area contributed by atoms with Gasteiger partial charge in [0.05, 0.1) is 6.10 Å². The summed E-state index contributed by atoms with van der Waals surface area (Å²) < 4.78 is 25.8. The minimum absolute atomic E-state index is 0.382. The molecule has 0 spiro atoms. The predicted molar refractivity (Wildman–Crippen MR) is 66.2 cm³/mol. The lowest BCUT2D eigenvalue weighted by molar-refractivity contribution is 0.178. The monoisotopic (exact) mass is 248 g/mol. The molecule has 94 valence electrons. The van der Waals surface area contributed by atoms with E-state index in [9.17, 15) is 13.9 Å². The van der Waals surface area contributed by atoms with Gasteiger partial charge in [-0.05, 0) is 30.2 Å². The third-order valence-corrected chi connectivity index (χ3v) is 2.84. The van der Waals surface area contributed by atoms with Crippen molar-refractivity contribution in [2.45, 2.75) is 19.4 Å². The number of aliphatic hydroxyl groups excluding tert-OH is 1. The molecule has 0 aliphatic rings. The van der Waals surface area contributed by atoms with Crippen molar-refractivity contribution in [2.75, 3.05) is 0 Å². The van der Waals surface area contributed by atoms with E-state index in [-0.39, 0.29) is 0 Å². The molecule has 2 aromatic rings. The fourth-order valence-electron chi connectivity index (χ4n) is 1.90. The molecule has 0 heterocycles. The Labute approximate surface area is 105 Å². The smallest absolute Gasteiger partial charge is 0.159 e. The average Bonchev–Trinajstić information content (AvgIpc) is 2.32. The lowest BCUT2D eigenvalue weighted by Crippen LogP contribution is -2.03. The van der Waals surface area contributed by atoms with Crippen LogP contribution < -0.4 is 0 Å². The van der Waals surface area contributed by atoms with E-state index in [4.69, 9.17) is 0 Å². The van der Waals surface area contributed by atoms with Gasteiger partial charge >= 0.3 is 0 Å². The van der Waals surface area contributed by atoms with Crippen LogP contribution in [0.15, 0.2) is 42.5 Å². The molecule has 0 saturated heterocycles. The van der Waals surface area contributed by atoms with Gasteiger partial charge in [0.1, 0.15) is 0 Å². The van der Waals surface area contributed by atoms with E-state index in [0.717, 1.165) is 23.3 Å². The van der Waals surface area contributed by atoms with Crippen LogP contribution in [0.5, 0.6) is 0 Å². The number of hydrogen-bond donors (Lipinski definition) is 1. The highest BCUT2D eigenvalue weighted by molar-refractivity contribution is 5.26. The first-order valence-corrected chi connectivity index (χ1v) is 5.75. The van der Waals surface area contributed by atoms with Crippen LogP contribution in [0.2, 0.25) is 0 Å². The molecule has 1 atom stereocenters. The molecule has 1 N–H and O–H groups in total. The van der Waals surface area contributed by atoms with Gasteiger partial charge in [0, 0.05) is 6.42 Å². The summed E-state index contributed by atoms with van der Waals surface area (Å²) in [7, 11) is 0. The second kappa shape index (κ2) is 5.27. The highest BCUT2D eigenvalue weighted by Crippen LogP contribution is 2.20. The number of aliphatic hydroxyl groups is 1. The Kier molecular flexibility index (Phi) is 3.72. The Morgan fingerprint density at radius 2 is 1.83 bits per heavy atom. The zero-order chi connectivity index (χ0) is 13.1. The highest BCUT2D eigenvalue weighted by Gasteiger charge is 2.11. The molecular formula is C15H14F2O. The van der Waals surface area contributed by atoms with Crippen molar-refractivity contribution in [2.24, 2.45) is 0 Å². The van der Waals surface area contributed by atoms with Gasteiger partial charge in [0.2, 0.25) is 0 Å². The zero-order valence-electron chi connectivity index (χ0n) is 10.0. The SMILES string of the molecule is Cc1cccc(CC(O)c2ccc(F)c(F)c2)c1. The molecular weight excluding hydrogens is 234 g/mol. The molecule has 0 radical (unpaired) electrons. The summed E-state index contributed by atoms with van der Waals surface area (Å²) in [5.74, 6) is -1.84. The fraction of sp³-hybridized carbons (Fsp3) is 0.200. The van der Waals surface area contributed by atoms with Crippen molar-refractivity contribution in [3.05, 3.63) is 70.8 Å². The van der Waals surface area contributed by atoms with Crippen LogP contribution in [0.25, 0.3) is 0 Å². The topological polar surface area (TPSA) is 20.2 Å². The number of halogens is 2. The van der Waals surface area contributed by atoms with Crippen molar-refractivity contribution in [3.8, 4) is 0 Å². The van der Waals surface area contributed by atoms with Crippen molar-refractivity contribution in [1.29, 1.82) is 0 Å². The van der Waals surface area contributed by atoms with Gasteiger partial charge in [-0.15, -0.1) is 0 Å². The fourth-order valence-corrected chi connectivity index (χ4v) is 1.90. The third kappa shape index (κ3) is 2.93. The van der Waals surface area contributed by atoms with E-state index in [1.807, 2.05) is 31.2 Å². The lowest BCUT2D eigenvalue weighted by atomic mass is 10.0. The summed E-state index contributed by atoms with van der Waals surface area (Å²) in [6.45, 7) is 1.97. The van der Waals surface area contributed by atoms with Crippen LogP contribution in [0.1, 0.15) is 22.8 Å². The molecule has 2 aromatic carbocycles. The second-order valence-electron chi connectivity index (χ2n) is 4.38. The van der Waals surface area contributed by atoms with Crippen LogP contribution in [-0.4, -0.2) is 5.11 Å². The molecule has 0 saturated carbocycles. The summed E-state index contributed by atoms with van der Waals surface area (Å²) in [5, 5.41) is 9.99. The summed E-state index contributed by atoms with van der Waals surface area (Å²) in [6, 6.07) is 11.2. The lowest BCUT2D eigenvalue weighted by Gasteiger charge is -2.11. The predicted octanol–water partition coefficient (Wildman–Crippen LogP) is 3.55. The van der Waals surface area contributed by atoms with E-state index in [1.165, 1.54) is 6.07 Å². The maximum absolute atomic E-state index is 13.1. The number of rotatable bonds is 3. The van der Waals surface area contributed by atoms with Gasteiger partial charge in [-0.25, -0.2) is 8.78 Å². The van der Waals surface area contributed by atoms with Gasteiger partial charge in [-0.2, -0.15) is 0 Å². The van der Waals surface area contributed by atoms with Crippen molar-refractivity contribution < 1.29 is 13.9 Å². The van der Waals surface area contributed by atoms with Gasteiger partial charge in [0.25, 0.3) is 0 Å². The standard InChI is InChI=1S/C15H14F2O/c1-10-3-2-4-11(7-10)8-15(18)12-5-6-13(16)14(17)9-12/h2-7,9,15,18H,8H2,1H3. The molecule has 0 amide bonds. The van der Waals surface area contributed by atoms with Gasteiger partial charge in [-0.1, -0.05) is 35.9 Å². The molecule has 0 aromatic heterocycles. The zero-order valence-corrected chi connectivity index (χ0v) is 10.0. The van der Waals surface area contributed by atoms with E-state index < -0.39 is 17.7 Å². The average molecular weight is 248 g/mol. The summed E-state index contributed by atoms with van der Waals surface area (Å²) in [5.41, 5.74) is 2.45. The minimum Gasteiger partial charge on any atom is -0.388 e. The Balaban J connectivity index is 2.16. The Morgan fingerprint density at radius 1 is 1.06 bits per heavy atom. The normalized spacial score (nSPS) is 12.4. The van der Waals surface area contributed by atoms with E-state index in [1.54, 1.807) is 0 Å². The summed E-state index contributed by atoms with van der Waals surface area (Å²) >= 11 is 0. The van der Waals surface area contributed by atoms with Crippen LogP contribution in [-0.2, 0) is 6.42 Å². The number of aryl methyl sites for hydroxylation is 1. The molecule has 0 aliphatic carbocycles. The molecule has 1 nitrogen and oxygen atoms in total. The minimum atomic E-state index is -0.934. The summed E-state index contributed by atoms with van der Waals surface area (Å²) in [4.78, 5) is 0. The third-order valence-electron chi connectivity index (χ3n) is 2.84. The Hall–Kier alpha value is -1.74. The van der Waals surface area contributed by atoms with Crippen LogP contribution >= 0.6 is 0 Å². The molecule has 3 heteroatoms. The van der Waals surface area contributed by atoms with Crippen LogP contribution in [0.3, 0.4) is 0 Å². The van der Waals surface area contributed by atoms with Gasteiger partial charge < -0.3 is 5.11 Å². The molecule has 2 rings (SSSR count). The highest BCUT2D eigenvalue weighted by atomic mass is 19.2. The summed E-state index contributed by atoms with van der Waals surface area (Å²) in [6.07, 6.45) is -0.450. The first kappa shape index (κ1) is 12.7. The van der Waals surface area contributed by atoms with E-state index in [2.05, 4.69) is 0 Å². The number of hydrogen-bond acceptors (Lipinski definition) is 1. The Morgan fingerprint density at radius 3 is 2.50 bits per heavy atom. The van der Waals surface area contributed by atoms with Crippen molar-refractivity contribution >= 4 is 0 Å². The molecule has 0 fully saturated rings. The van der Waals surface area contributed by atoms with Crippen LogP contribution in [0.4, 0.5) is 8.78 Å². The van der Waals surface area contributed by atoms with Crippen molar-refractivity contribution in [1.82, 2.24) is 0 Å². The molecule has 0 aliphatic heterocycles. The first-order chi connectivity index (χ1) is 8.56. The number of benzene rings is 2. The molecule has 0 bridgehead atoms. The largest absolute Gasteiger partial charge is 0.388 e. The molecule has 1 unspecified atom stereocenters. The van der Waals surface area contributed by atoms with Crippen molar-refractivity contribution in [3.63, 3.8) is 0 Å². The van der Waals surface area contributed by atoms with Gasteiger partial charge in [-0.3, -0.25) is 0 Å². The molecule has 18 heavy (non-hydrogen) atoms. The maximum Gasteiger partial charge on any atom is 0.159 e. The van der Waals surface area contributed by atoms with Crippen LogP contribution in [0, 0.1) is 18.6 Å². The van der Waals surface area contributed by atoms with E-state index in [0.29, 0.717) is 12.0 Å². The van der Waals surface area contributed by atoms with E-state index >= 15 is 0 Å². The van der Waals surface area contributed by atoms with Gasteiger partial charge in [0.15, 0.2) is 11.6 Å². The Bertz CT molecular complexity index is 552. The second-order valence-corrected chi connectivity index (χ2v) is 4.38.